The number of pyridine rings is 1. The molecule has 0 radical (unpaired) electrons. The lowest BCUT2D eigenvalue weighted by molar-refractivity contribution is 0.310. The van der Waals surface area contributed by atoms with Crippen molar-refractivity contribution in [2.24, 2.45) is 0 Å². The third-order valence-corrected chi connectivity index (χ3v) is 2.94. The van der Waals surface area contributed by atoms with Gasteiger partial charge in [0.1, 0.15) is 0 Å². The number of hydrogen-bond donors (Lipinski definition) is 1. The topological polar surface area (TPSA) is 43.4 Å². The fourth-order valence-corrected chi connectivity index (χ4v) is 1.95. The third-order valence-electron chi connectivity index (χ3n) is 2.94. The average molecular weight is 272 g/mol. The van der Waals surface area contributed by atoms with E-state index >= 15 is 0 Å². The summed E-state index contributed by atoms with van der Waals surface area (Å²) in [6.45, 7) is 4.20. The summed E-state index contributed by atoms with van der Waals surface area (Å²) in [5, 5.41) is 3.40. The first-order valence-corrected chi connectivity index (χ1v) is 6.72. The Bertz CT molecular complexity index is 529. The van der Waals surface area contributed by atoms with Gasteiger partial charge in [-0.15, -0.1) is 0 Å². The number of benzene rings is 1. The van der Waals surface area contributed by atoms with E-state index < -0.39 is 0 Å². The third kappa shape index (κ3) is 3.96. The van der Waals surface area contributed by atoms with Crippen molar-refractivity contribution in [3.05, 3.63) is 53.9 Å². The molecule has 1 N–H and O–H groups in total. The van der Waals surface area contributed by atoms with E-state index in [1.165, 1.54) is 11.1 Å². The summed E-state index contributed by atoms with van der Waals surface area (Å²) >= 11 is 0. The Balaban J connectivity index is 1.94. The molecule has 2 aromatic rings. The average Bonchev–Trinajstić information content (AvgIpc) is 2.49. The maximum Gasteiger partial charge on any atom is 0.161 e. The molecule has 0 saturated heterocycles. The molecule has 0 aliphatic heterocycles. The quantitative estimate of drug-likeness (QED) is 0.841. The van der Waals surface area contributed by atoms with Gasteiger partial charge >= 0.3 is 0 Å². The van der Waals surface area contributed by atoms with Crippen LogP contribution in [-0.2, 0) is 13.1 Å². The monoisotopic (exact) mass is 272 g/mol. The van der Waals surface area contributed by atoms with Crippen molar-refractivity contribution in [1.29, 1.82) is 0 Å². The van der Waals surface area contributed by atoms with Gasteiger partial charge in [-0.3, -0.25) is 4.98 Å². The molecule has 106 valence electrons. The molecule has 1 aromatic heterocycles. The Labute approximate surface area is 119 Å². The number of nitrogens with zero attached hydrogens (tertiary/aromatic N) is 1. The van der Waals surface area contributed by atoms with Crippen molar-refractivity contribution in [1.82, 2.24) is 10.3 Å². The molecule has 0 aliphatic rings. The summed E-state index contributed by atoms with van der Waals surface area (Å²) in [4.78, 5) is 4.00. The fourth-order valence-electron chi connectivity index (χ4n) is 1.95. The van der Waals surface area contributed by atoms with Crippen LogP contribution in [0, 0.1) is 0 Å². The van der Waals surface area contributed by atoms with Crippen molar-refractivity contribution >= 4 is 0 Å². The summed E-state index contributed by atoms with van der Waals surface area (Å²) in [6.07, 6.45) is 3.61. The first-order valence-electron chi connectivity index (χ1n) is 6.72. The number of nitrogens with one attached hydrogen (secondary N) is 1. The lowest BCUT2D eigenvalue weighted by Crippen LogP contribution is -2.12. The minimum absolute atomic E-state index is 0.629. The lowest BCUT2D eigenvalue weighted by Gasteiger charge is -2.11. The largest absolute Gasteiger partial charge is 0.493 e. The highest BCUT2D eigenvalue weighted by atomic mass is 16.5. The number of methoxy groups -OCH3 is 1. The Morgan fingerprint density at radius 3 is 2.45 bits per heavy atom. The van der Waals surface area contributed by atoms with Gasteiger partial charge in [0, 0.05) is 25.5 Å². The minimum Gasteiger partial charge on any atom is -0.493 e. The van der Waals surface area contributed by atoms with Crippen LogP contribution in [0.4, 0.5) is 0 Å². The van der Waals surface area contributed by atoms with E-state index in [0.29, 0.717) is 6.61 Å². The van der Waals surface area contributed by atoms with Crippen LogP contribution in [0.2, 0.25) is 0 Å². The van der Waals surface area contributed by atoms with Crippen LogP contribution in [0.3, 0.4) is 0 Å². The van der Waals surface area contributed by atoms with Gasteiger partial charge in [0.2, 0.25) is 0 Å². The van der Waals surface area contributed by atoms with Crippen molar-refractivity contribution in [3.63, 3.8) is 0 Å². The second-order valence-electron chi connectivity index (χ2n) is 4.38. The Morgan fingerprint density at radius 1 is 1.00 bits per heavy atom. The molecule has 0 spiro atoms. The molecule has 4 nitrogen and oxygen atoms in total. The second kappa shape index (κ2) is 7.50. The molecule has 0 aliphatic carbocycles. The number of ether oxygens (including phenoxy) is 2. The molecular formula is C16H20N2O2. The molecule has 0 atom stereocenters. The van der Waals surface area contributed by atoms with Crippen LogP contribution < -0.4 is 14.8 Å². The maximum absolute atomic E-state index is 5.57. The van der Waals surface area contributed by atoms with Crippen molar-refractivity contribution < 1.29 is 9.47 Å². The van der Waals surface area contributed by atoms with Crippen molar-refractivity contribution in [2.75, 3.05) is 13.7 Å². The zero-order valence-corrected chi connectivity index (χ0v) is 11.9. The van der Waals surface area contributed by atoms with Crippen LogP contribution in [0.5, 0.6) is 11.5 Å². The van der Waals surface area contributed by atoms with E-state index in [9.17, 15) is 0 Å². The van der Waals surface area contributed by atoms with Gasteiger partial charge in [0.05, 0.1) is 13.7 Å². The van der Waals surface area contributed by atoms with Gasteiger partial charge in [-0.1, -0.05) is 6.07 Å². The normalized spacial score (nSPS) is 10.3. The van der Waals surface area contributed by atoms with Crippen molar-refractivity contribution in [2.45, 2.75) is 20.0 Å². The summed E-state index contributed by atoms with van der Waals surface area (Å²) in [6, 6.07) is 10.0. The Kier molecular flexibility index (Phi) is 5.38. The SMILES string of the molecule is CCOc1cc(CNCc2ccncc2)ccc1OC. The van der Waals surface area contributed by atoms with Crippen molar-refractivity contribution in [3.8, 4) is 11.5 Å². The van der Waals surface area contributed by atoms with Gasteiger partial charge in [0.25, 0.3) is 0 Å². The first-order chi connectivity index (χ1) is 9.83. The second-order valence-corrected chi connectivity index (χ2v) is 4.38. The van der Waals surface area contributed by atoms with Gasteiger partial charge in [0.15, 0.2) is 11.5 Å². The van der Waals surface area contributed by atoms with E-state index in [0.717, 1.165) is 24.6 Å². The Hall–Kier alpha value is -2.07. The fraction of sp³-hybridized carbons (Fsp3) is 0.312. The number of aromatic nitrogens is 1. The molecule has 4 heteroatoms. The predicted octanol–water partition coefficient (Wildman–Crippen LogP) is 2.78. The van der Waals surface area contributed by atoms with Gasteiger partial charge in [-0.2, -0.15) is 0 Å². The van der Waals surface area contributed by atoms with E-state index in [4.69, 9.17) is 9.47 Å². The predicted molar refractivity (Wildman–Crippen MR) is 78.9 cm³/mol. The standard InChI is InChI=1S/C16H20N2O2/c1-3-20-16-10-14(4-5-15(16)19-2)12-18-11-13-6-8-17-9-7-13/h4-10,18H,3,11-12H2,1-2H3. The van der Waals surface area contributed by atoms with Gasteiger partial charge < -0.3 is 14.8 Å². The smallest absolute Gasteiger partial charge is 0.161 e. The zero-order chi connectivity index (χ0) is 14.2. The van der Waals surface area contributed by atoms with Crippen LogP contribution >= 0.6 is 0 Å². The van der Waals surface area contributed by atoms with E-state index in [-0.39, 0.29) is 0 Å². The van der Waals surface area contributed by atoms with Gasteiger partial charge in [-0.05, 0) is 42.3 Å². The molecule has 1 heterocycles. The number of rotatable bonds is 7. The van der Waals surface area contributed by atoms with E-state index in [1.807, 2.05) is 37.3 Å². The highest BCUT2D eigenvalue weighted by molar-refractivity contribution is 5.42. The maximum atomic E-state index is 5.57. The van der Waals surface area contributed by atoms with E-state index in [1.54, 1.807) is 19.5 Å². The molecule has 1 aromatic carbocycles. The minimum atomic E-state index is 0.629. The molecule has 0 bridgehead atoms. The molecule has 0 amide bonds. The Morgan fingerprint density at radius 2 is 1.75 bits per heavy atom. The van der Waals surface area contributed by atoms with Crippen LogP contribution in [-0.4, -0.2) is 18.7 Å². The molecule has 0 fully saturated rings. The van der Waals surface area contributed by atoms with Crippen LogP contribution in [0.1, 0.15) is 18.1 Å². The van der Waals surface area contributed by atoms with Crippen LogP contribution in [0.15, 0.2) is 42.7 Å². The van der Waals surface area contributed by atoms with Crippen LogP contribution in [0.25, 0.3) is 0 Å². The lowest BCUT2D eigenvalue weighted by atomic mass is 10.2. The highest BCUT2D eigenvalue weighted by Crippen LogP contribution is 2.27. The summed E-state index contributed by atoms with van der Waals surface area (Å²) in [7, 11) is 1.65. The summed E-state index contributed by atoms with van der Waals surface area (Å²) in [5.74, 6) is 1.56. The molecule has 0 unspecified atom stereocenters. The zero-order valence-electron chi connectivity index (χ0n) is 11.9. The van der Waals surface area contributed by atoms with E-state index in [2.05, 4.69) is 10.3 Å². The molecule has 2 rings (SSSR count). The van der Waals surface area contributed by atoms with Gasteiger partial charge in [-0.25, -0.2) is 0 Å². The molecule has 20 heavy (non-hydrogen) atoms. The molecule has 0 saturated carbocycles. The first kappa shape index (κ1) is 14.3. The summed E-state index contributed by atoms with van der Waals surface area (Å²) in [5.41, 5.74) is 2.39. The molecular weight excluding hydrogens is 252 g/mol. The highest BCUT2D eigenvalue weighted by Gasteiger charge is 2.05. The number of hydrogen-bond acceptors (Lipinski definition) is 4. The summed E-state index contributed by atoms with van der Waals surface area (Å²) < 4.78 is 10.8.